The Balaban J connectivity index is 1.88. The third-order valence-electron chi connectivity index (χ3n) is 3.83. The number of nitrogens with zero attached hydrogens (tertiary/aromatic N) is 5. The maximum Gasteiger partial charge on any atom is 0.320 e. The summed E-state index contributed by atoms with van der Waals surface area (Å²) in [7, 11) is 0. The highest BCUT2D eigenvalue weighted by Crippen LogP contribution is 2.20. The standard InChI is InChI=1S/C18H20N6O/c1-2-3-9-25-18-22-16(20)15-17(23-18)24(12-21-15)11-14-6-4-5-13(10-14)7-8-19/h4-6,10,12H,2-3,7,9,11H2,1H3,(H2,20,22,23). The number of nitriles is 1. The predicted molar refractivity (Wildman–Crippen MR) is 95.0 cm³/mol. The first-order valence-corrected chi connectivity index (χ1v) is 8.27. The Morgan fingerprint density at radius 3 is 2.92 bits per heavy atom. The molecule has 3 aromatic rings. The SMILES string of the molecule is CCCCOc1nc(N)c2ncn(Cc3cccc(CC#N)c3)c2n1. The zero-order valence-electron chi connectivity index (χ0n) is 14.1. The number of imidazole rings is 1. The number of hydrogen-bond donors (Lipinski definition) is 1. The summed E-state index contributed by atoms with van der Waals surface area (Å²) in [6.07, 6.45) is 4.06. The molecule has 0 amide bonds. The predicted octanol–water partition coefficient (Wildman–Crippen LogP) is 2.70. The molecule has 0 radical (unpaired) electrons. The van der Waals surface area contributed by atoms with Gasteiger partial charge in [0, 0.05) is 0 Å². The number of nitrogen functional groups attached to an aromatic ring is 1. The topological polar surface area (TPSA) is 103 Å². The van der Waals surface area contributed by atoms with Crippen molar-refractivity contribution in [1.29, 1.82) is 5.26 Å². The highest BCUT2D eigenvalue weighted by atomic mass is 16.5. The molecule has 2 heterocycles. The van der Waals surface area contributed by atoms with Crippen LogP contribution in [0.5, 0.6) is 6.01 Å². The summed E-state index contributed by atoms with van der Waals surface area (Å²) in [5.74, 6) is 0.313. The lowest BCUT2D eigenvalue weighted by Gasteiger charge is -2.08. The summed E-state index contributed by atoms with van der Waals surface area (Å²) in [6, 6.07) is 10.4. The van der Waals surface area contributed by atoms with E-state index in [1.807, 2.05) is 28.8 Å². The van der Waals surface area contributed by atoms with Gasteiger partial charge < -0.3 is 15.0 Å². The van der Waals surface area contributed by atoms with Crippen LogP contribution in [0.4, 0.5) is 5.82 Å². The van der Waals surface area contributed by atoms with E-state index in [2.05, 4.69) is 27.9 Å². The van der Waals surface area contributed by atoms with E-state index in [9.17, 15) is 0 Å². The summed E-state index contributed by atoms with van der Waals surface area (Å²) < 4.78 is 7.49. The van der Waals surface area contributed by atoms with E-state index < -0.39 is 0 Å². The molecule has 0 aliphatic heterocycles. The third kappa shape index (κ3) is 3.86. The van der Waals surface area contributed by atoms with Gasteiger partial charge in [-0.1, -0.05) is 37.6 Å². The van der Waals surface area contributed by atoms with Gasteiger partial charge in [-0.2, -0.15) is 15.2 Å². The van der Waals surface area contributed by atoms with Crippen LogP contribution in [0, 0.1) is 11.3 Å². The lowest BCUT2D eigenvalue weighted by atomic mass is 10.1. The number of unbranched alkanes of at least 4 members (excludes halogenated alkanes) is 1. The van der Waals surface area contributed by atoms with Crippen molar-refractivity contribution in [2.75, 3.05) is 12.3 Å². The lowest BCUT2D eigenvalue weighted by molar-refractivity contribution is 0.286. The minimum Gasteiger partial charge on any atom is -0.463 e. The minimum atomic E-state index is 0.276. The van der Waals surface area contributed by atoms with Crippen LogP contribution in [-0.2, 0) is 13.0 Å². The number of fused-ring (bicyclic) bond motifs is 1. The van der Waals surface area contributed by atoms with Gasteiger partial charge in [-0.25, -0.2) is 4.98 Å². The Labute approximate surface area is 146 Å². The van der Waals surface area contributed by atoms with Crippen LogP contribution in [0.15, 0.2) is 30.6 Å². The van der Waals surface area contributed by atoms with Gasteiger partial charge in [0.2, 0.25) is 0 Å². The molecule has 0 fully saturated rings. The van der Waals surface area contributed by atoms with Gasteiger partial charge in [0.05, 0.1) is 32.0 Å². The van der Waals surface area contributed by atoms with E-state index in [-0.39, 0.29) is 6.01 Å². The molecule has 128 valence electrons. The molecule has 2 N–H and O–H groups in total. The monoisotopic (exact) mass is 336 g/mol. The quantitative estimate of drug-likeness (QED) is 0.665. The van der Waals surface area contributed by atoms with Gasteiger partial charge in [-0.05, 0) is 17.5 Å². The number of rotatable bonds is 7. The second-order valence-corrected chi connectivity index (χ2v) is 5.79. The van der Waals surface area contributed by atoms with Gasteiger partial charge in [-0.15, -0.1) is 0 Å². The largest absolute Gasteiger partial charge is 0.463 e. The Morgan fingerprint density at radius 1 is 1.28 bits per heavy atom. The summed E-state index contributed by atoms with van der Waals surface area (Å²) in [4.78, 5) is 12.9. The zero-order valence-corrected chi connectivity index (χ0v) is 14.1. The number of anilines is 1. The van der Waals surface area contributed by atoms with E-state index in [4.69, 9.17) is 15.7 Å². The van der Waals surface area contributed by atoms with Crippen LogP contribution in [0.2, 0.25) is 0 Å². The maximum atomic E-state index is 8.85. The van der Waals surface area contributed by atoms with Gasteiger partial charge in [-0.3, -0.25) is 0 Å². The van der Waals surface area contributed by atoms with Crippen molar-refractivity contribution in [2.45, 2.75) is 32.7 Å². The molecular weight excluding hydrogens is 316 g/mol. The molecule has 7 heteroatoms. The number of hydrogen-bond acceptors (Lipinski definition) is 6. The van der Waals surface area contributed by atoms with E-state index in [1.54, 1.807) is 6.33 Å². The van der Waals surface area contributed by atoms with Crippen molar-refractivity contribution >= 4 is 17.0 Å². The Bertz CT molecular complexity index is 912. The normalized spacial score (nSPS) is 10.7. The molecule has 1 aromatic carbocycles. The number of ether oxygens (including phenoxy) is 1. The van der Waals surface area contributed by atoms with Crippen LogP contribution < -0.4 is 10.5 Å². The smallest absolute Gasteiger partial charge is 0.320 e. The number of nitrogens with two attached hydrogens (primary N) is 1. The molecule has 0 aliphatic carbocycles. The van der Waals surface area contributed by atoms with Crippen LogP contribution in [-0.4, -0.2) is 26.1 Å². The second kappa shape index (κ2) is 7.62. The van der Waals surface area contributed by atoms with Gasteiger partial charge in [0.25, 0.3) is 0 Å². The summed E-state index contributed by atoms with van der Waals surface area (Å²) in [5, 5.41) is 8.85. The Kier molecular flexibility index (Phi) is 5.09. The van der Waals surface area contributed by atoms with E-state index in [1.165, 1.54) is 0 Å². The van der Waals surface area contributed by atoms with E-state index in [0.29, 0.717) is 36.6 Å². The molecule has 0 saturated carbocycles. The van der Waals surface area contributed by atoms with Crippen molar-refractivity contribution < 1.29 is 4.74 Å². The van der Waals surface area contributed by atoms with Gasteiger partial charge >= 0.3 is 6.01 Å². The molecule has 0 unspecified atom stereocenters. The van der Waals surface area contributed by atoms with Crippen LogP contribution >= 0.6 is 0 Å². The molecule has 0 aliphatic rings. The van der Waals surface area contributed by atoms with Crippen molar-refractivity contribution in [2.24, 2.45) is 0 Å². The average Bonchev–Trinajstić information content (AvgIpc) is 2.99. The van der Waals surface area contributed by atoms with Crippen molar-refractivity contribution in [3.8, 4) is 12.1 Å². The fraction of sp³-hybridized carbons (Fsp3) is 0.333. The molecule has 0 bridgehead atoms. The van der Waals surface area contributed by atoms with Crippen molar-refractivity contribution in [3.63, 3.8) is 0 Å². The first kappa shape index (κ1) is 16.7. The second-order valence-electron chi connectivity index (χ2n) is 5.79. The molecule has 0 spiro atoms. The molecule has 0 atom stereocenters. The lowest BCUT2D eigenvalue weighted by Crippen LogP contribution is -2.06. The van der Waals surface area contributed by atoms with Crippen molar-refractivity contribution in [3.05, 3.63) is 41.7 Å². The molecule has 3 rings (SSSR count). The van der Waals surface area contributed by atoms with Crippen molar-refractivity contribution in [1.82, 2.24) is 19.5 Å². The highest BCUT2D eigenvalue weighted by Gasteiger charge is 2.12. The Hall–Kier alpha value is -3.14. The van der Waals surface area contributed by atoms with E-state index >= 15 is 0 Å². The average molecular weight is 336 g/mol. The molecule has 0 saturated heterocycles. The first-order chi connectivity index (χ1) is 12.2. The highest BCUT2D eigenvalue weighted by molar-refractivity contribution is 5.81. The molecule has 7 nitrogen and oxygen atoms in total. The molecule has 25 heavy (non-hydrogen) atoms. The first-order valence-electron chi connectivity index (χ1n) is 8.27. The van der Waals surface area contributed by atoms with Crippen LogP contribution in [0.1, 0.15) is 30.9 Å². The summed E-state index contributed by atoms with van der Waals surface area (Å²) >= 11 is 0. The van der Waals surface area contributed by atoms with Crippen LogP contribution in [0.25, 0.3) is 11.2 Å². The summed E-state index contributed by atoms with van der Waals surface area (Å²) in [5.41, 5.74) is 9.25. The van der Waals surface area contributed by atoms with Gasteiger partial charge in [0.15, 0.2) is 17.0 Å². The fourth-order valence-electron chi connectivity index (χ4n) is 2.56. The Morgan fingerprint density at radius 2 is 2.12 bits per heavy atom. The third-order valence-corrected chi connectivity index (χ3v) is 3.83. The maximum absolute atomic E-state index is 8.85. The minimum absolute atomic E-state index is 0.276. The number of benzene rings is 1. The number of aromatic nitrogens is 4. The van der Waals surface area contributed by atoms with Crippen LogP contribution in [0.3, 0.4) is 0 Å². The van der Waals surface area contributed by atoms with E-state index in [0.717, 1.165) is 24.0 Å². The summed E-state index contributed by atoms with van der Waals surface area (Å²) in [6.45, 7) is 3.24. The van der Waals surface area contributed by atoms with Gasteiger partial charge in [0.1, 0.15) is 0 Å². The zero-order chi connectivity index (χ0) is 17.6. The molecule has 2 aromatic heterocycles. The molecular formula is C18H20N6O. The fourth-order valence-corrected chi connectivity index (χ4v) is 2.56.